The van der Waals surface area contributed by atoms with E-state index < -0.39 is 12.3 Å². The minimum atomic E-state index is -4.75. The third-order valence-corrected chi connectivity index (χ3v) is 2.27. The Bertz CT molecular complexity index is 607. The summed E-state index contributed by atoms with van der Waals surface area (Å²) in [5.74, 6) is -0.891. The highest BCUT2D eigenvalue weighted by molar-refractivity contribution is 5.97. The van der Waals surface area contributed by atoms with Crippen molar-refractivity contribution in [3.63, 3.8) is 0 Å². The summed E-state index contributed by atoms with van der Waals surface area (Å²) in [5.41, 5.74) is 2.61. The number of fused-ring (bicyclic) bond motifs is 1. The van der Waals surface area contributed by atoms with Gasteiger partial charge in [-0.05, 0) is 18.2 Å². The number of hydrogen-bond acceptors (Lipinski definition) is 3. The van der Waals surface area contributed by atoms with Gasteiger partial charge in [-0.3, -0.25) is 9.63 Å². The first-order valence-corrected chi connectivity index (χ1v) is 5.11. The first-order valence-electron chi connectivity index (χ1n) is 5.11. The van der Waals surface area contributed by atoms with E-state index in [9.17, 15) is 18.0 Å². The second-order valence-electron chi connectivity index (χ2n) is 3.62. The predicted octanol–water partition coefficient (Wildman–Crippen LogP) is 2.36. The molecule has 0 bridgehead atoms. The molecule has 0 spiro atoms. The van der Waals surface area contributed by atoms with Crippen LogP contribution in [-0.4, -0.2) is 24.4 Å². The van der Waals surface area contributed by atoms with E-state index in [1.54, 1.807) is 0 Å². The molecule has 102 valence electrons. The van der Waals surface area contributed by atoms with Crippen LogP contribution in [0.3, 0.4) is 0 Å². The monoisotopic (exact) mass is 274 g/mol. The molecule has 1 aromatic carbocycles. The molecule has 0 unspecified atom stereocenters. The third kappa shape index (κ3) is 3.16. The van der Waals surface area contributed by atoms with Gasteiger partial charge in [-0.25, -0.2) is 5.48 Å². The maximum Gasteiger partial charge on any atom is 0.573 e. The zero-order chi connectivity index (χ0) is 14.0. The minimum Gasteiger partial charge on any atom is -0.406 e. The standard InChI is InChI=1S/C11H9F3N2O3/c1-18-16-10(17)9-4-6-2-3-7(5-8(6)15-9)19-11(12,13)14/h2-5,15H,1H3,(H,16,17). The maximum atomic E-state index is 12.1. The molecule has 0 atom stereocenters. The van der Waals surface area contributed by atoms with E-state index in [0.29, 0.717) is 10.9 Å². The summed E-state index contributed by atoms with van der Waals surface area (Å²) in [5, 5.41) is 0.579. The number of amides is 1. The fraction of sp³-hybridized carbons (Fsp3) is 0.182. The zero-order valence-corrected chi connectivity index (χ0v) is 9.67. The average molecular weight is 274 g/mol. The summed E-state index contributed by atoms with van der Waals surface area (Å²) in [6, 6.07) is 5.23. The molecule has 19 heavy (non-hydrogen) atoms. The van der Waals surface area contributed by atoms with Gasteiger partial charge in [0.25, 0.3) is 5.91 Å². The van der Waals surface area contributed by atoms with E-state index in [4.69, 9.17) is 0 Å². The second kappa shape index (κ2) is 4.81. The van der Waals surface area contributed by atoms with Crippen molar-refractivity contribution in [1.29, 1.82) is 0 Å². The summed E-state index contributed by atoms with van der Waals surface area (Å²) >= 11 is 0. The highest BCUT2D eigenvalue weighted by Gasteiger charge is 2.31. The van der Waals surface area contributed by atoms with Gasteiger partial charge in [-0.2, -0.15) is 0 Å². The largest absolute Gasteiger partial charge is 0.573 e. The number of H-pyrrole nitrogens is 1. The van der Waals surface area contributed by atoms with Crippen LogP contribution in [0.1, 0.15) is 10.5 Å². The fourth-order valence-corrected chi connectivity index (χ4v) is 1.57. The van der Waals surface area contributed by atoms with Crippen LogP contribution >= 0.6 is 0 Å². The van der Waals surface area contributed by atoms with Crippen molar-refractivity contribution in [2.75, 3.05) is 7.11 Å². The van der Waals surface area contributed by atoms with E-state index in [2.05, 4.69) is 20.0 Å². The van der Waals surface area contributed by atoms with Crippen LogP contribution in [0.4, 0.5) is 13.2 Å². The topological polar surface area (TPSA) is 63.4 Å². The van der Waals surface area contributed by atoms with Crippen molar-refractivity contribution >= 4 is 16.8 Å². The van der Waals surface area contributed by atoms with Gasteiger partial charge >= 0.3 is 6.36 Å². The van der Waals surface area contributed by atoms with Crippen molar-refractivity contribution in [2.24, 2.45) is 0 Å². The molecule has 0 radical (unpaired) electrons. The Labute approximate surface area is 105 Å². The molecule has 1 heterocycles. The number of halogens is 3. The SMILES string of the molecule is CONC(=O)c1cc2ccc(OC(F)(F)F)cc2[nH]1. The first kappa shape index (κ1) is 13.2. The van der Waals surface area contributed by atoms with E-state index in [1.165, 1.54) is 25.3 Å². The van der Waals surface area contributed by atoms with Crippen molar-refractivity contribution in [3.05, 3.63) is 30.0 Å². The predicted molar refractivity (Wildman–Crippen MR) is 59.5 cm³/mol. The molecule has 5 nitrogen and oxygen atoms in total. The van der Waals surface area contributed by atoms with E-state index in [1.807, 2.05) is 0 Å². The highest BCUT2D eigenvalue weighted by atomic mass is 19.4. The molecule has 0 aliphatic rings. The molecule has 0 aliphatic heterocycles. The molecule has 1 amide bonds. The lowest BCUT2D eigenvalue weighted by Gasteiger charge is -2.08. The molecule has 1 aromatic heterocycles. The number of aromatic nitrogens is 1. The lowest BCUT2D eigenvalue weighted by atomic mass is 10.2. The van der Waals surface area contributed by atoms with E-state index >= 15 is 0 Å². The van der Waals surface area contributed by atoms with Crippen molar-refractivity contribution in [3.8, 4) is 5.75 Å². The number of nitrogens with one attached hydrogen (secondary N) is 2. The average Bonchev–Trinajstić information content (AvgIpc) is 2.70. The Kier molecular flexibility index (Phi) is 3.34. The van der Waals surface area contributed by atoms with Gasteiger partial charge in [0.05, 0.1) is 7.11 Å². The molecule has 0 aliphatic carbocycles. The Hall–Kier alpha value is -2.22. The molecule has 0 saturated heterocycles. The van der Waals surface area contributed by atoms with Gasteiger partial charge in [0.1, 0.15) is 11.4 Å². The Balaban J connectivity index is 2.31. The number of hydroxylamine groups is 1. The number of ether oxygens (including phenoxy) is 1. The fourth-order valence-electron chi connectivity index (χ4n) is 1.57. The molecule has 2 rings (SSSR count). The van der Waals surface area contributed by atoms with Crippen molar-refractivity contribution in [1.82, 2.24) is 10.5 Å². The molecule has 0 saturated carbocycles. The lowest BCUT2D eigenvalue weighted by Crippen LogP contribution is -2.21. The third-order valence-electron chi connectivity index (χ3n) is 2.27. The first-order chi connectivity index (χ1) is 8.89. The van der Waals surface area contributed by atoms with E-state index in [-0.39, 0.29) is 11.4 Å². The number of benzene rings is 1. The van der Waals surface area contributed by atoms with Gasteiger partial charge in [0.2, 0.25) is 0 Å². The van der Waals surface area contributed by atoms with Crippen LogP contribution in [0.5, 0.6) is 5.75 Å². The number of aromatic amines is 1. The lowest BCUT2D eigenvalue weighted by molar-refractivity contribution is -0.274. The van der Waals surface area contributed by atoms with Gasteiger partial charge < -0.3 is 9.72 Å². The Morgan fingerprint density at radius 1 is 1.32 bits per heavy atom. The number of hydrogen-bond donors (Lipinski definition) is 2. The van der Waals surface area contributed by atoms with Crippen LogP contribution in [0.15, 0.2) is 24.3 Å². The van der Waals surface area contributed by atoms with Gasteiger partial charge in [-0.1, -0.05) is 0 Å². The van der Waals surface area contributed by atoms with Crippen molar-refractivity contribution < 1.29 is 27.5 Å². The van der Waals surface area contributed by atoms with Crippen LogP contribution in [-0.2, 0) is 4.84 Å². The van der Waals surface area contributed by atoms with Gasteiger partial charge in [-0.15, -0.1) is 13.2 Å². The number of carbonyl (C=O) groups is 1. The number of carbonyl (C=O) groups excluding carboxylic acids is 1. The molecule has 2 N–H and O–H groups in total. The summed E-state index contributed by atoms with van der Waals surface area (Å²) < 4.78 is 40.0. The molecule has 8 heteroatoms. The van der Waals surface area contributed by atoms with Crippen LogP contribution in [0.25, 0.3) is 10.9 Å². The summed E-state index contributed by atoms with van der Waals surface area (Å²) in [6.45, 7) is 0. The van der Waals surface area contributed by atoms with Crippen molar-refractivity contribution in [2.45, 2.75) is 6.36 Å². The highest BCUT2D eigenvalue weighted by Crippen LogP contribution is 2.26. The molecule has 0 fully saturated rings. The number of alkyl halides is 3. The smallest absolute Gasteiger partial charge is 0.406 e. The number of rotatable bonds is 3. The normalized spacial score (nSPS) is 11.6. The van der Waals surface area contributed by atoms with Crippen LogP contribution < -0.4 is 10.2 Å². The summed E-state index contributed by atoms with van der Waals surface area (Å²) in [6.07, 6.45) is -4.75. The molecular weight excluding hydrogens is 265 g/mol. The van der Waals surface area contributed by atoms with Gasteiger partial charge in [0, 0.05) is 17.0 Å². The zero-order valence-electron chi connectivity index (χ0n) is 9.67. The molecule has 2 aromatic rings. The quantitative estimate of drug-likeness (QED) is 0.844. The molecular formula is C11H9F3N2O3. The van der Waals surface area contributed by atoms with Gasteiger partial charge in [0.15, 0.2) is 0 Å². The summed E-state index contributed by atoms with van der Waals surface area (Å²) in [7, 11) is 1.27. The second-order valence-corrected chi connectivity index (χ2v) is 3.62. The minimum absolute atomic E-state index is 0.168. The maximum absolute atomic E-state index is 12.1. The summed E-state index contributed by atoms with van der Waals surface area (Å²) in [4.78, 5) is 18.6. The Morgan fingerprint density at radius 2 is 2.05 bits per heavy atom. The van der Waals surface area contributed by atoms with Crippen LogP contribution in [0.2, 0.25) is 0 Å². The van der Waals surface area contributed by atoms with E-state index in [0.717, 1.165) is 6.07 Å². The Morgan fingerprint density at radius 3 is 2.68 bits per heavy atom. The van der Waals surface area contributed by atoms with Crippen LogP contribution in [0, 0.1) is 0 Å².